The zero-order chi connectivity index (χ0) is 14.8. The Bertz CT molecular complexity index is 614. The van der Waals surface area contributed by atoms with Crippen LogP contribution >= 0.6 is 11.6 Å². The fourth-order valence-electron chi connectivity index (χ4n) is 1.64. The Kier molecular flexibility index (Phi) is 4.04. The molecule has 2 rings (SSSR count). The van der Waals surface area contributed by atoms with Crippen molar-refractivity contribution in [3.63, 3.8) is 0 Å². The van der Waals surface area contributed by atoms with E-state index in [1.807, 2.05) is 0 Å². The van der Waals surface area contributed by atoms with Crippen LogP contribution in [-0.4, -0.2) is 12.0 Å². The molecule has 0 unspecified atom stereocenters. The predicted molar refractivity (Wildman–Crippen MR) is 73.5 cm³/mol. The average molecular weight is 302 g/mol. The van der Waals surface area contributed by atoms with E-state index in [9.17, 15) is 13.2 Å². The van der Waals surface area contributed by atoms with E-state index in [-0.39, 0.29) is 10.7 Å². The topological polar surface area (TPSA) is 37.0 Å². The Morgan fingerprint density at radius 3 is 2.50 bits per heavy atom. The normalized spacial score (nSPS) is 11.2. The van der Waals surface area contributed by atoms with Gasteiger partial charge in [-0.3, -0.25) is 0 Å². The molecular weight excluding hydrogens is 291 g/mol. The molecule has 2 N–H and O–H groups in total. The molecule has 106 valence electrons. The van der Waals surface area contributed by atoms with Crippen LogP contribution in [0.4, 0.5) is 30.4 Å². The van der Waals surface area contributed by atoms with Crippen molar-refractivity contribution in [2.75, 3.05) is 17.7 Å². The smallest absolute Gasteiger partial charge is 0.373 e. The molecule has 0 amide bonds. The number of halogens is 4. The van der Waals surface area contributed by atoms with Gasteiger partial charge in [0.15, 0.2) is 0 Å². The van der Waals surface area contributed by atoms with Gasteiger partial charge in [0, 0.05) is 35.7 Å². The lowest BCUT2D eigenvalue weighted by molar-refractivity contribution is -0.137. The van der Waals surface area contributed by atoms with Crippen LogP contribution in [0.3, 0.4) is 0 Å². The van der Waals surface area contributed by atoms with Gasteiger partial charge in [-0.1, -0.05) is 11.6 Å². The second-order valence-corrected chi connectivity index (χ2v) is 4.47. The van der Waals surface area contributed by atoms with Crippen LogP contribution in [0.25, 0.3) is 0 Å². The Morgan fingerprint density at radius 1 is 1.10 bits per heavy atom. The molecule has 0 saturated carbocycles. The Labute approximate surface area is 118 Å². The van der Waals surface area contributed by atoms with E-state index < -0.39 is 11.7 Å². The number of anilines is 3. The van der Waals surface area contributed by atoms with Gasteiger partial charge in [0.2, 0.25) is 0 Å². The van der Waals surface area contributed by atoms with Gasteiger partial charge < -0.3 is 10.6 Å². The number of nitrogens with one attached hydrogen (secondary N) is 2. The van der Waals surface area contributed by atoms with E-state index in [2.05, 4.69) is 15.6 Å². The molecule has 3 nitrogen and oxygen atoms in total. The van der Waals surface area contributed by atoms with E-state index in [1.165, 1.54) is 6.07 Å². The summed E-state index contributed by atoms with van der Waals surface area (Å²) in [6.07, 6.45) is -2.89. The minimum absolute atomic E-state index is 0.0187. The molecule has 0 bridgehead atoms. The first-order chi connectivity index (χ1) is 9.38. The molecule has 2 aromatic rings. The lowest BCUT2D eigenvalue weighted by Crippen LogP contribution is -2.05. The predicted octanol–water partition coefficient (Wildman–Crippen LogP) is 4.54. The average Bonchev–Trinajstić information content (AvgIpc) is 2.37. The minimum Gasteiger partial charge on any atom is -0.373 e. The molecule has 0 aliphatic carbocycles. The molecule has 7 heteroatoms. The summed E-state index contributed by atoms with van der Waals surface area (Å²) in [5.41, 5.74) is 0.0771. The number of aromatic nitrogens is 1. The fraction of sp³-hybridized carbons (Fsp3) is 0.154. The summed E-state index contributed by atoms with van der Waals surface area (Å²) in [4.78, 5) is 4.02. The van der Waals surface area contributed by atoms with Crippen LogP contribution in [-0.2, 0) is 6.18 Å². The Morgan fingerprint density at radius 2 is 1.85 bits per heavy atom. The summed E-state index contributed by atoms with van der Waals surface area (Å²) >= 11 is 5.72. The number of pyridine rings is 1. The second-order valence-electron chi connectivity index (χ2n) is 4.03. The maximum absolute atomic E-state index is 12.7. The number of hydrogen-bond acceptors (Lipinski definition) is 3. The molecule has 0 fully saturated rings. The first kappa shape index (κ1) is 14.5. The van der Waals surface area contributed by atoms with Crippen molar-refractivity contribution in [2.24, 2.45) is 0 Å². The van der Waals surface area contributed by atoms with Gasteiger partial charge in [-0.05, 0) is 24.3 Å². The fourth-order valence-corrected chi connectivity index (χ4v) is 1.87. The zero-order valence-electron chi connectivity index (χ0n) is 10.4. The summed E-state index contributed by atoms with van der Waals surface area (Å²) in [5.74, 6) is 0.605. The summed E-state index contributed by atoms with van der Waals surface area (Å²) < 4.78 is 38.1. The van der Waals surface area contributed by atoms with Gasteiger partial charge in [-0.2, -0.15) is 13.2 Å². The molecule has 0 aliphatic rings. The van der Waals surface area contributed by atoms with Crippen LogP contribution in [0.1, 0.15) is 5.56 Å². The number of nitrogens with zero attached hydrogens (tertiary/aromatic N) is 1. The highest BCUT2D eigenvalue weighted by molar-refractivity contribution is 6.31. The molecule has 0 aliphatic heterocycles. The largest absolute Gasteiger partial charge is 0.416 e. The van der Waals surface area contributed by atoms with Crippen molar-refractivity contribution >= 4 is 28.8 Å². The van der Waals surface area contributed by atoms with Crippen LogP contribution in [0.2, 0.25) is 5.02 Å². The first-order valence-corrected chi connectivity index (χ1v) is 6.05. The molecular formula is C13H11ClF3N3. The summed E-state index contributed by atoms with van der Waals surface area (Å²) in [6.45, 7) is 0. The van der Waals surface area contributed by atoms with Gasteiger partial charge in [-0.25, -0.2) is 4.98 Å². The minimum atomic E-state index is -4.43. The Balaban J connectivity index is 2.31. The molecule has 0 saturated heterocycles. The molecule has 1 aromatic carbocycles. The van der Waals surface area contributed by atoms with E-state index in [0.717, 1.165) is 12.1 Å². The van der Waals surface area contributed by atoms with Gasteiger partial charge in [0.05, 0.1) is 5.56 Å². The quantitative estimate of drug-likeness (QED) is 0.874. The third kappa shape index (κ3) is 3.54. The van der Waals surface area contributed by atoms with Gasteiger partial charge in [-0.15, -0.1) is 0 Å². The van der Waals surface area contributed by atoms with Crippen molar-refractivity contribution in [3.8, 4) is 0 Å². The Hall–Kier alpha value is -1.95. The highest BCUT2D eigenvalue weighted by Crippen LogP contribution is 2.34. The van der Waals surface area contributed by atoms with Crippen molar-refractivity contribution < 1.29 is 13.2 Å². The van der Waals surface area contributed by atoms with Gasteiger partial charge >= 0.3 is 6.18 Å². The van der Waals surface area contributed by atoms with Crippen LogP contribution in [0.5, 0.6) is 0 Å². The number of benzene rings is 1. The summed E-state index contributed by atoms with van der Waals surface area (Å²) in [7, 11) is 1.70. The SMILES string of the molecule is CNc1cc(Nc2cc(Cl)cc(C(F)(F)F)c2)ccn1. The van der Waals surface area contributed by atoms with Crippen molar-refractivity contribution in [1.82, 2.24) is 4.98 Å². The summed E-state index contributed by atoms with van der Waals surface area (Å²) in [6, 6.07) is 6.64. The van der Waals surface area contributed by atoms with E-state index in [4.69, 9.17) is 11.6 Å². The zero-order valence-corrected chi connectivity index (χ0v) is 11.2. The van der Waals surface area contributed by atoms with E-state index >= 15 is 0 Å². The third-order valence-corrected chi connectivity index (χ3v) is 2.75. The highest BCUT2D eigenvalue weighted by atomic mass is 35.5. The second kappa shape index (κ2) is 5.58. The highest BCUT2D eigenvalue weighted by Gasteiger charge is 2.31. The molecule has 0 radical (unpaired) electrons. The monoisotopic (exact) mass is 301 g/mol. The first-order valence-electron chi connectivity index (χ1n) is 5.67. The third-order valence-electron chi connectivity index (χ3n) is 2.53. The van der Waals surface area contributed by atoms with Crippen LogP contribution in [0, 0.1) is 0 Å². The van der Waals surface area contributed by atoms with E-state index in [1.54, 1.807) is 25.4 Å². The number of rotatable bonds is 3. The maximum Gasteiger partial charge on any atom is 0.416 e. The number of hydrogen-bond donors (Lipinski definition) is 2. The lowest BCUT2D eigenvalue weighted by atomic mass is 10.2. The standard InChI is InChI=1S/C13H11ClF3N3/c1-18-12-7-10(2-3-19-12)20-11-5-8(13(15,16)17)4-9(14)6-11/h2-7H,1H3,(H2,18,19,20). The molecule has 0 atom stereocenters. The van der Waals surface area contributed by atoms with E-state index in [0.29, 0.717) is 11.5 Å². The van der Waals surface area contributed by atoms with Gasteiger partial charge in [0.1, 0.15) is 5.82 Å². The molecule has 20 heavy (non-hydrogen) atoms. The maximum atomic E-state index is 12.7. The van der Waals surface area contributed by atoms with Crippen LogP contribution in [0.15, 0.2) is 36.5 Å². The van der Waals surface area contributed by atoms with Crippen molar-refractivity contribution in [3.05, 3.63) is 47.1 Å². The van der Waals surface area contributed by atoms with Crippen molar-refractivity contribution in [2.45, 2.75) is 6.18 Å². The molecule has 0 spiro atoms. The number of alkyl halides is 3. The molecule has 1 aromatic heterocycles. The lowest BCUT2D eigenvalue weighted by Gasteiger charge is -2.12. The van der Waals surface area contributed by atoms with Crippen LogP contribution < -0.4 is 10.6 Å². The molecule has 1 heterocycles. The summed E-state index contributed by atoms with van der Waals surface area (Å²) in [5, 5.41) is 5.73. The van der Waals surface area contributed by atoms with Crippen molar-refractivity contribution in [1.29, 1.82) is 0 Å². The van der Waals surface area contributed by atoms with Gasteiger partial charge in [0.25, 0.3) is 0 Å².